The van der Waals surface area contributed by atoms with Crippen LogP contribution in [0, 0.1) is 6.92 Å². The van der Waals surface area contributed by atoms with Crippen molar-refractivity contribution in [2.24, 2.45) is 0 Å². The first kappa shape index (κ1) is 11.4. The first-order valence-electron chi connectivity index (χ1n) is 4.61. The molecular weight excluding hydrogens is 242 g/mol. The van der Waals surface area contributed by atoms with E-state index in [0.717, 1.165) is 27.0 Å². The fraction of sp³-hybridized carbons (Fsp3) is 0.455. The lowest BCUT2D eigenvalue weighted by molar-refractivity contribution is 0.409. The molecule has 0 heterocycles. The summed E-state index contributed by atoms with van der Waals surface area (Å²) in [5, 5.41) is 0. The van der Waals surface area contributed by atoms with E-state index in [9.17, 15) is 0 Å². The van der Waals surface area contributed by atoms with Gasteiger partial charge < -0.3 is 10.5 Å². The van der Waals surface area contributed by atoms with Gasteiger partial charge in [0, 0.05) is 4.47 Å². The molecule has 0 saturated heterocycles. The molecule has 0 atom stereocenters. The number of ether oxygens (including phenoxy) is 1. The van der Waals surface area contributed by atoms with Crippen molar-refractivity contribution in [2.45, 2.75) is 26.7 Å². The molecule has 0 fully saturated rings. The third kappa shape index (κ3) is 1.87. The molecule has 0 spiro atoms. The van der Waals surface area contributed by atoms with Gasteiger partial charge in [0.15, 0.2) is 0 Å². The number of methoxy groups -OCH3 is 1. The SMILES string of the molecule is COc1c(C(C)C)cc(Br)c(C)c1N. The number of hydrogen-bond donors (Lipinski definition) is 1. The molecule has 3 heteroatoms. The molecule has 78 valence electrons. The maximum atomic E-state index is 5.98. The van der Waals surface area contributed by atoms with Crippen LogP contribution in [0.3, 0.4) is 0 Å². The van der Waals surface area contributed by atoms with Crippen LogP contribution in [0.25, 0.3) is 0 Å². The summed E-state index contributed by atoms with van der Waals surface area (Å²) in [7, 11) is 1.66. The monoisotopic (exact) mass is 257 g/mol. The largest absolute Gasteiger partial charge is 0.494 e. The zero-order valence-corrected chi connectivity index (χ0v) is 10.6. The second kappa shape index (κ2) is 4.22. The topological polar surface area (TPSA) is 35.2 Å². The van der Waals surface area contributed by atoms with Gasteiger partial charge in [-0.3, -0.25) is 0 Å². The number of rotatable bonds is 2. The zero-order valence-electron chi connectivity index (χ0n) is 9.02. The predicted molar refractivity (Wildman–Crippen MR) is 63.9 cm³/mol. The van der Waals surface area contributed by atoms with Gasteiger partial charge in [-0.25, -0.2) is 0 Å². The Hall–Kier alpha value is -0.700. The van der Waals surface area contributed by atoms with Gasteiger partial charge in [-0.05, 0) is 30.0 Å². The molecule has 0 aliphatic rings. The molecule has 1 aromatic rings. The maximum Gasteiger partial charge on any atom is 0.145 e. The lowest BCUT2D eigenvalue weighted by atomic mass is 9.99. The van der Waals surface area contributed by atoms with Crippen LogP contribution in [0.15, 0.2) is 10.5 Å². The Kier molecular flexibility index (Phi) is 3.43. The highest BCUT2D eigenvalue weighted by Crippen LogP contribution is 2.38. The average Bonchev–Trinajstić information content (AvgIpc) is 2.13. The number of halogens is 1. The Balaban J connectivity index is 3.43. The molecule has 0 radical (unpaired) electrons. The number of anilines is 1. The van der Waals surface area contributed by atoms with Crippen molar-refractivity contribution < 1.29 is 4.74 Å². The Labute approximate surface area is 93.6 Å². The van der Waals surface area contributed by atoms with E-state index >= 15 is 0 Å². The summed E-state index contributed by atoms with van der Waals surface area (Å²) in [6.07, 6.45) is 0. The second-order valence-electron chi connectivity index (χ2n) is 3.67. The minimum atomic E-state index is 0.407. The molecule has 0 aliphatic heterocycles. The van der Waals surface area contributed by atoms with Crippen molar-refractivity contribution in [1.29, 1.82) is 0 Å². The van der Waals surface area contributed by atoms with Gasteiger partial charge in [0.2, 0.25) is 0 Å². The van der Waals surface area contributed by atoms with Gasteiger partial charge in [0.1, 0.15) is 5.75 Å². The van der Waals surface area contributed by atoms with Crippen molar-refractivity contribution in [2.75, 3.05) is 12.8 Å². The van der Waals surface area contributed by atoms with E-state index in [1.807, 2.05) is 6.92 Å². The molecule has 2 N–H and O–H groups in total. The van der Waals surface area contributed by atoms with E-state index in [0.29, 0.717) is 5.92 Å². The van der Waals surface area contributed by atoms with E-state index in [1.165, 1.54) is 0 Å². The number of nitrogens with two attached hydrogens (primary N) is 1. The van der Waals surface area contributed by atoms with Gasteiger partial charge in [-0.2, -0.15) is 0 Å². The van der Waals surface area contributed by atoms with Gasteiger partial charge in [-0.1, -0.05) is 29.8 Å². The van der Waals surface area contributed by atoms with E-state index in [1.54, 1.807) is 7.11 Å². The Bertz CT molecular complexity index is 348. The zero-order chi connectivity index (χ0) is 10.9. The lowest BCUT2D eigenvalue weighted by Crippen LogP contribution is -2.02. The van der Waals surface area contributed by atoms with Crippen molar-refractivity contribution in [3.8, 4) is 5.75 Å². The second-order valence-corrected chi connectivity index (χ2v) is 4.53. The first-order valence-corrected chi connectivity index (χ1v) is 5.40. The van der Waals surface area contributed by atoms with Gasteiger partial charge in [0.25, 0.3) is 0 Å². The van der Waals surface area contributed by atoms with Crippen molar-refractivity contribution in [1.82, 2.24) is 0 Å². The van der Waals surface area contributed by atoms with Crippen LogP contribution in [-0.4, -0.2) is 7.11 Å². The summed E-state index contributed by atoms with van der Waals surface area (Å²) in [6.45, 7) is 6.23. The third-order valence-electron chi connectivity index (χ3n) is 2.38. The Morgan fingerprint density at radius 2 is 2.00 bits per heavy atom. The third-order valence-corrected chi connectivity index (χ3v) is 3.20. The minimum Gasteiger partial charge on any atom is -0.494 e. The summed E-state index contributed by atoms with van der Waals surface area (Å²) < 4.78 is 6.37. The van der Waals surface area contributed by atoms with Crippen LogP contribution in [-0.2, 0) is 0 Å². The van der Waals surface area contributed by atoms with Gasteiger partial charge in [-0.15, -0.1) is 0 Å². The standard InChI is InChI=1S/C11H16BrNO/c1-6(2)8-5-9(12)7(3)10(13)11(8)14-4/h5-6H,13H2,1-4H3. The van der Waals surface area contributed by atoms with E-state index in [4.69, 9.17) is 10.5 Å². The molecule has 0 amide bonds. The van der Waals surface area contributed by atoms with E-state index in [2.05, 4.69) is 35.8 Å². The molecule has 0 saturated carbocycles. The fourth-order valence-electron chi connectivity index (χ4n) is 1.42. The molecule has 1 aromatic carbocycles. The van der Waals surface area contributed by atoms with Crippen LogP contribution in [0.4, 0.5) is 5.69 Å². The molecule has 0 bridgehead atoms. The molecule has 0 aromatic heterocycles. The number of nitrogen functional groups attached to an aromatic ring is 1. The van der Waals surface area contributed by atoms with E-state index < -0.39 is 0 Å². The highest BCUT2D eigenvalue weighted by Gasteiger charge is 2.14. The van der Waals surface area contributed by atoms with E-state index in [-0.39, 0.29) is 0 Å². The first-order chi connectivity index (χ1) is 6.49. The molecule has 1 rings (SSSR count). The van der Waals surface area contributed by atoms with Crippen molar-refractivity contribution >= 4 is 21.6 Å². The maximum absolute atomic E-state index is 5.98. The molecular formula is C11H16BrNO. The quantitative estimate of drug-likeness (QED) is 0.824. The summed E-state index contributed by atoms with van der Waals surface area (Å²) in [4.78, 5) is 0. The average molecular weight is 258 g/mol. The molecule has 2 nitrogen and oxygen atoms in total. The van der Waals surface area contributed by atoms with Crippen LogP contribution in [0.2, 0.25) is 0 Å². The predicted octanol–water partition coefficient (Wildman–Crippen LogP) is 3.47. The van der Waals surface area contributed by atoms with Crippen LogP contribution >= 0.6 is 15.9 Å². The van der Waals surface area contributed by atoms with Crippen molar-refractivity contribution in [3.63, 3.8) is 0 Å². The summed E-state index contributed by atoms with van der Waals surface area (Å²) >= 11 is 3.49. The normalized spacial score (nSPS) is 10.7. The summed E-state index contributed by atoms with van der Waals surface area (Å²) in [6, 6.07) is 2.08. The fourth-order valence-corrected chi connectivity index (χ4v) is 1.88. The summed E-state index contributed by atoms with van der Waals surface area (Å²) in [5.41, 5.74) is 8.88. The lowest BCUT2D eigenvalue weighted by Gasteiger charge is -2.16. The summed E-state index contributed by atoms with van der Waals surface area (Å²) in [5.74, 6) is 1.21. The number of benzene rings is 1. The van der Waals surface area contributed by atoms with Crippen LogP contribution in [0.5, 0.6) is 5.75 Å². The van der Waals surface area contributed by atoms with Gasteiger partial charge in [0.05, 0.1) is 12.8 Å². The molecule has 14 heavy (non-hydrogen) atoms. The van der Waals surface area contributed by atoms with Crippen molar-refractivity contribution in [3.05, 3.63) is 21.7 Å². The van der Waals surface area contributed by atoms with Crippen LogP contribution in [0.1, 0.15) is 30.9 Å². The Morgan fingerprint density at radius 3 is 2.43 bits per heavy atom. The molecule has 0 aliphatic carbocycles. The smallest absolute Gasteiger partial charge is 0.145 e. The molecule has 0 unspecified atom stereocenters. The number of hydrogen-bond acceptors (Lipinski definition) is 2. The minimum absolute atomic E-state index is 0.407. The highest BCUT2D eigenvalue weighted by molar-refractivity contribution is 9.10. The van der Waals surface area contributed by atoms with Crippen LogP contribution < -0.4 is 10.5 Å². The highest BCUT2D eigenvalue weighted by atomic mass is 79.9. The Morgan fingerprint density at radius 1 is 1.43 bits per heavy atom. The van der Waals surface area contributed by atoms with Gasteiger partial charge >= 0.3 is 0 Å².